The molecule has 0 aliphatic rings. The summed E-state index contributed by atoms with van der Waals surface area (Å²) in [6.45, 7) is 2.14. The van der Waals surface area contributed by atoms with Gasteiger partial charge in [0, 0.05) is 0 Å². The Labute approximate surface area is 89.7 Å². The standard InChI is InChI=1S/C6H11NO2.C2HF3O2/c1-2-3-4-9-6(8)5-7;3-2(4,5)1(6)7/h2-3H,4-5,7H2,1H3;(H,6,7)/b3-2+;. The van der Waals surface area contributed by atoms with E-state index in [1.807, 2.05) is 13.0 Å². The van der Waals surface area contributed by atoms with E-state index in [4.69, 9.17) is 15.6 Å². The third kappa shape index (κ3) is 12.4. The third-order valence-electron chi connectivity index (χ3n) is 0.985. The van der Waals surface area contributed by atoms with Crippen LogP contribution in [0.2, 0.25) is 0 Å². The van der Waals surface area contributed by atoms with Crippen molar-refractivity contribution in [3.05, 3.63) is 12.2 Å². The van der Waals surface area contributed by atoms with Gasteiger partial charge in [0.2, 0.25) is 0 Å². The van der Waals surface area contributed by atoms with Crippen molar-refractivity contribution in [1.82, 2.24) is 0 Å². The Bertz CT molecular complexity index is 250. The van der Waals surface area contributed by atoms with E-state index in [-0.39, 0.29) is 12.5 Å². The number of alkyl halides is 3. The lowest BCUT2D eigenvalue weighted by molar-refractivity contribution is -0.192. The van der Waals surface area contributed by atoms with E-state index in [0.717, 1.165) is 0 Å². The summed E-state index contributed by atoms with van der Waals surface area (Å²) in [4.78, 5) is 19.2. The van der Waals surface area contributed by atoms with Crippen molar-refractivity contribution in [3.63, 3.8) is 0 Å². The number of nitrogens with two attached hydrogens (primary N) is 1. The van der Waals surface area contributed by atoms with Crippen LogP contribution in [-0.2, 0) is 14.3 Å². The molecule has 0 saturated carbocycles. The molecule has 0 aromatic carbocycles. The lowest BCUT2D eigenvalue weighted by Gasteiger charge is -1.95. The number of carboxylic acid groups (broad SMARTS) is 1. The molecule has 0 unspecified atom stereocenters. The molecule has 94 valence electrons. The highest BCUT2D eigenvalue weighted by molar-refractivity contribution is 5.73. The molecule has 3 N–H and O–H groups in total. The van der Waals surface area contributed by atoms with E-state index >= 15 is 0 Å². The van der Waals surface area contributed by atoms with Crippen LogP contribution in [0.25, 0.3) is 0 Å². The lowest BCUT2D eigenvalue weighted by Crippen LogP contribution is -2.21. The number of allylic oxidation sites excluding steroid dienone is 1. The number of carbonyl (C=O) groups excluding carboxylic acids is 1. The number of carboxylic acids is 1. The average Bonchev–Trinajstić information content (AvgIpc) is 2.17. The Balaban J connectivity index is 0. The van der Waals surface area contributed by atoms with Gasteiger partial charge in [0.1, 0.15) is 6.61 Å². The normalized spacial score (nSPS) is 10.6. The van der Waals surface area contributed by atoms with Crippen molar-refractivity contribution in [3.8, 4) is 0 Å². The van der Waals surface area contributed by atoms with Crippen LogP contribution in [0.5, 0.6) is 0 Å². The van der Waals surface area contributed by atoms with Crippen LogP contribution in [0.15, 0.2) is 12.2 Å². The van der Waals surface area contributed by atoms with Crippen LogP contribution in [0.4, 0.5) is 13.2 Å². The van der Waals surface area contributed by atoms with Crippen molar-refractivity contribution >= 4 is 11.9 Å². The zero-order chi connectivity index (χ0) is 13.2. The third-order valence-corrected chi connectivity index (χ3v) is 0.985. The molecule has 0 radical (unpaired) electrons. The number of rotatable bonds is 3. The fourth-order valence-electron chi connectivity index (χ4n) is 0.296. The van der Waals surface area contributed by atoms with Crippen LogP contribution >= 0.6 is 0 Å². The second-order valence-corrected chi connectivity index (χ2v) is 2.26. The average molecular weight is 243 g/mol. The monoisotopic (exact) mass is 243 g/mol. The second kappa shape index (κ2) is 8.72. The predicted molar refractivity (Wildman–Crippen MR) is 48.5 cm³/mol. The van der Waals surface area contributed by atoms with Crippen molar-refractivity contribution in [1.29, 1.82) is 0 Å². The van der Waals surface area contributed by atoms with Gasteiger partial charge in [-0.25, -0.2) is 4.79 Å². The van der Waals surface area contributed by atoms with E-state index < -0.39 is 12.1 Å². The van der Waals surface area contributed by atoms with Gasteiger partial charge in [-0.05, 0) is 6.92 Å². The van der Waals surface area contributed by atoms with Gasteiger partial charge in [0.25, 0.3) is 0 Å². The zero-order valence-electron chi connectivity index (χ0n) is 8.45. The van der Waals surface area contributed by atoms with Crippen molar-refractivity contribution in [2.24, 2.45) is 5.73 Å². The van der Waals surface area contributed by atoms with Crippen LogP contribution in [0, 0.1) is 0 Å². The highest BCUT2D eigenvalue weighted by Gasteiger charge is 2.38. The number of aliphatic carboxylic acids is 1. The van der Waals surface area contributed by atoms with Gasteiger partial charge in [0.05, 0.1) is 6.54 Å². The minimum atomic E-state index is -5.08. The molecule has 0 spiro atoms. The summed E-state index contributed by atoms with van der Waals surface area (Å²) >= 11 is 0. The lowest BCUT2D eigenvalue weighted by atomic mass is 10.5. The summed E-state index contributed by atoms with van der Waals surface area (Å²) in [7, 11) is 0. The molecule has 8 heteroatoms. The molecular formula is C8H12F3NO4. The Morgan fingerprint density at radius 3 is 2.12 bits per heavy atom. The van der Waals surface area contributed by atoms with Crippen LogP contribution in [-0.4, -0.2) is 36.4 Å². The van der Waals surface area contributed by atoms with Gasteiger partial charge < -0.3 is 15.6 Å². The van der Waals surface area contributed by atoms with Gasteiger partial charge in [-0.1, -0.05) is 12.2 Å². The SMILES string of the molecule is C/C=C/COC(=O)CN.O=C(O)C(F)(F)F. The van der Waals surface area contributed by atoms with Gasteiger partial charge >= 0.3 is 18.1 Å². The Hall–Kier alpha value is -1.57. The van der Waals surface area contributed by atoms with E-state index in [9.17, 15) is 18.0 Å². The molecule has 0 bridgehead atoms. The topological polar surface area (TPSA) is 89.6 Å². The highest BCUT2D eigenvalue weighted by Crippen LogP contribution is 2.13. The van der Waals surface area contributed by atoms with Gasteiger partial charge in [-0.15, -0.1) is 0 Å². The van der Waals surface area contributed by atoms with Crippen LogP contribution in [0.3, 0.4) is 0 Å². The molecule has 0 heterocycles. The van der Waals surface area contributed by atoms with Crippen LogP contribution < -0.4 is 5.73 Å². The van der Waals surface area contributed by atoms with E-state index in [0.29, 0.717) is 6.61 Å². The number of hydrogen-bond donors (Lipinski definition) is 2. The molecule has 5 nitrogen and oxygen atoms in total. The summed E-state index contributed by atoms with van der Waals surface area (Å²) in [5, 5.41) is 7.12. The van der Waals surface area contributed by atoms with E-state index in [2.05, 4.69) is 4.74 Å². The zero-order valence-corrected chi connectivity index (χ0v) is 8.45. The largest absolute Gasteiger partial charge is 0.490 e. The number of carbonyl (C=O) groups is 2. The molecule has 0 aromatic rings. The molecule has 0 fully saturated rings. The fourth-order valence-corrected chi connectivity index (χ4v) is 0.296. The maximum absolute atomic E-state index is 10.6. The van der Waals surface area contributed by atoms with Gasteiger partial charge in [0.15, 0.2) is 0 Å². The minimum absolute atomic E-state index is 0.0441. The smallest absolute Gasteiger partial charge is 0.475 e. The molecule has 0 aliphatic carbocycles. The number of hydrogen-bond acceptors (Lipinski definition) is 4. The molecule has 0 rings (SSSR count). The van der Waals surface area contributed by atoms with E-state index in [1.165, 1.54) is 0 Å². The first-order chi connectivity index (χ1) is 7.25. The molecule has 16 heavy (non-hydrogen) atoms. The summed E-state index contributed by atoms with van der Waals surface area (Å²) in [5.41, 5.74) is 4.96. The van der Waals surface area contributed by atoms with Crippen molar-refractivity contribution in [2.45, 2.75) is 13.1 Å². The van der Waals surface area contributed by atoms with Gasteiger partial charge in [-0.3, -0.25) is 4.79 Å². The second-order valence-electron chi connectivity index (χ2n) is 2.26. The van der Waals surface area contributed by atoms with Crippen molar-refractivity contribution in [2.75, 3.05) is 13.2 Å². The Kier molecular flexibility index (Phi) is 9.18. The van der Waals surface area contributed by atoms with Crippen LogP contribution in [0.1, 0.15) is 6.92 Å². The maximum atomic E-state index is 10.6. The summed E-state index contributed by atoms with van der Waals surface area (Å²) < 4.78 is 36.3. The number of ether oxygens (including phenoxy) is 1. The minimum Gasteiger partial charge on any atom is -0.475 e. The molecule has 0 aliphatic heterocycles. The Morgan fingerprint density at radius 2 is 1.88 bits per heavy atom. The molecule has 0 aromatic heterocycles. The maximum Gasteiger partial charge on any atom is 0.490 e. The quantitative estimate of drug-likeness (QED) is 0.562. The molecule has 0 saturated heterocycles. The number of halogens is 3. The molecule has 0 amide bonds. The Morgan fingerprint density at radius 1 is 1.44 bits per heavy atom. The predicted octanol–water partition coefficient (Wildman–Crippen LogP) is 0.698. The van der Waals surface area contributed by atoms with E-state index in [1.54, 1.807) is 6.08 Å². The summed E-state index contributed by atoms with van der Waals surface area (Å²) in [6.07, 6.45) is -1.53. The summed E-state index contributed by atoms with van der Waals surface area (Å²) in [6, 6.07) is 0. The first-order valence-corrected chi connectivity index (χ1v) is 4.02. The first-order valence-electron chi connectivity index (χ1n) is 4.02. The van der Waals surface area contributed by atoms with Crippen molar-refractivity contribution < 1.29 is 32.6 Å². The molecule has 0 atom stereocenters. The summed E-state index contributed by atoms with van der Waals surface area (Å²) in [5.74, 6) is -3.12. The van der Waals surface area contributed by atoms with Gasteiger partial charge in [-0.2, -0.15) is 13.2 Å². The fraction of sp³-hybridized carbons (Fsp3) is 0.500. The molecular weight excluding hydrogens is 231 g/mol. The first kappa shape index (κ1) is 16.8. The highest BCUT2D eigenvalue weighted by atomic mass is 19.4. The number of esters is 1.